The van der Waals surface area contributed by atoms with Gasteiger partial charge in [-0.2, -0.15) is 0 Å². The number of benzene rings is 1. The minimum Gasteiger partial charge on any atom is -0.235 e. The lowest BCUT2D eigenvalue weighted by atomic mass is 9.86. The van der Waals surface area contributed by atoms with Crippen molar-refractivity contribution in [2.75, 3.05) is 0 Å². The Kier molecular flexibility index (Phi) is 2.38. The molecule has 0 N–H and O–H groups in total. The molecule has 2 heteroatoms. The van der Waals surface area contributed by atoms with E-state index in [0.29, 0.717) is 5.56 Å². The summed E-state index contributed by atoms with van der Waals surface area (Å²) in [6, 6.07) is 4.94. The fourth-order valence-electron chi connectivity index (χ4n) is 1.19. The molecule has 0 aliphatic heterocycles. The highest BCUT2D eigenvalue weighted by atomic mass is 19.1. The predicted molar refractivity (Wildman–Crippen MR) is 51.4 cm³/mol. The maximum Gasteiger partial charge on any atom is 0.222 e. The van der Waals surface area contributed by atoms with Crippen molar-refractivity contribution >= 4 is 5.69 Å². The van der Waals surface area contributed by atoms with Gasteiger partial charge in [0.05, 0.1) is 6.57 Å². The van der Waals surface area contributed by atoms with Crippen molar-refractivity contribution in [3.05, 3.63) is 41.0 Å². The van der Waals surface area contributed by atoms with Crippen molar-refractivity contribution < 1.29 is 4.39 Å². The molecule has 1 aromatic rings. The highest BCUT2D eigenvalue weighted by molar-refractivity contribution is 5.50. The van der Waals surface area contributed by atoms with Crippen molar-refractivity contribution in [2.45, 2.75) is 26.2 Å². The lowest BCUT2D eigenvalue weighted by Crippen LogP contribution is -2.13. The summed E-state index contributed by atoms with van der Waals surface area (Å²) in [4.78, 5) is 3.12. The van der Waals surface area contributed by atoms with Crippen LogP contribution in [0, 0.1) is 12.4 Å². The lowest BCUT2D eigenvalue weighted by Gasteiger charge is -2.20. The van der Waals surface area contributed by atoms with E-state index in [4.69, 9.17) is 6.57 Å². The summed E-state index contributed by atoms with van der Waals surface area (Å²) in [5, 5.41) is 0. The number of halogens is 1. The van der Waals surface area contributed by atoms with E-state index in [-0.39, 0.29) is 16.9 Å². The van der Waals surface area contributed by atoms with E-state index >= 15 is 0 Å². The maximum atomic E-state index is 13.6. The predicted octanol–water partition coefficient (Wildman–Crippen LogP) is 3.67. The van der Waals surface area contributed by atoms with Gasteiger partial charge in [0, 0.05) is 0 Å². The third-order valence-corrected chi connectivity index (χ3v) is 1.91. The molecule has 0 amide bonds. The van der Waals surface area contributed by atoms with Crippen molar-refractivity contribution in [2.24, 2.45) is 0 Å². The summed E-state index contributed by atoms with van der Waals surface area (Å²) in [6.07, 6.45) is 0. The first-order chi connectivity index (χ1) is 5.96. The van der Waals surface area contributed by atoms with E-state index in [2.05, 4.69) is 4.85 Å². The molecule has 0 saturated heterocycles. The van der Waals surface area contributed by atoms with Crippen LogP contribution in [0.3, 0.4) is 0 Å². The summed E-state index contributed by atoms with van der Waals surface area (Å²) < 4.78 is 13.6. The van der Waals surface area contributed by atoms with Gasteiger partial charge in [-0.15, -0.1) is 0 Å². The zero-order valence-electron chi connectivity index (χ0n) is 8.06. The molecular formula is C11H12FN. The van der Waals surface area contributed by atoms with Crippen LogP contribution in [0.5, 0.6) is 0 Å². The fourth-order valence-corrected chi connectivity index (χ4v) is 1.19. The monoisotopic (exact) mass is 177 g/mol. The van der Waals surface area contributed by atoms with Gasteiger partial charge in [-0.05, 0) is 11.0 Å². The average molecular weight is 177 g/mol. The average Bonchev–Trinajstić information content (AvgIpc) is 2.02. The molecule has 0 atom stereocenters. The minimum atomic E-state index is -0.384. The van der Waals surface area contributed by atoms with Gasteiger partial charge in [0.2, 0.25) is 5.69 Å². The zero-order valence-corrected chi connectivity index (χ0v) is 8.06. The van der Waals surface area contributed by atoms with E-state index in [9.17, 15) is 4.39 Å². The van der Waals surface area contributed by atoms with E-state index < -0.39 is 0 Å². The number of rotatable bonds is 0. The van der Waals surface area contributed by atoms with Gasteiger partial charge in [0.1, 0.15) is 5.82 Å². The van der Waals surface area contributed by atoms with Crippen LogP contribution in [0.15, 0.2) is 18.2 Å². The molecule has 0 spiro atoms. The van der Waals surface area contributed by atoms with Gasteiger partial charge in [0.25, 0.3) is 0 Å². The maximum absolute atomic E-state index is 13.6. The van der Waals surface area contributed by atoms with Gasteiger partial charge >= 0.3 is 0 Å². The molecule has 0 bridgehead atoms. The summed E-state index contributed by atoms with van der Waals surface area (Å²) in [6.45, 7) is 12.6. The van der Waals surface area contributed by atoms with Crippen LogP contribution in [0.1, 0.15) is 26.3 Å². The minimum absolute atomic E-state index is 0.104. The molecule has 1 nitrogen and oxygen atoms in total. The second-order valence-electron chi connectivity index (χ2n) is 4.00. The van der Waals surface area contributed by atoms with E-state index in [1.807, 2.05) is 20.8 Å². The Balaban J connectivity index is 3.34. The van der Waals surface area contributed by atoms with Gasteiger partial charge in [-0.1, -0.05) is 39.0 Å². The number of nitrogens with zero attached hydrogens (tertiary/aromatic N) is 1. The molecule has 0 unspecified atom stereocenters. The Labute approximate surface area is 78.0 Å². The van der Waals surface area contributed by atoms with Crippen molar-refractivity contribution in [3.63, 3.8) is 0 Å². The van der Waals surface area contributed by atoms with Crippen LogP contribution in [0.25, 0.3) is 4.85 Å². The Hall–Kier alpha value is -1.36. The zero-order chi connectivity index (χ0) is 10.1. The van der Waals surface area contributed by atoms with Crippen LogP contribution < -0.4 is 0 Å². The van der Waals surface area contributed by atoms with Gasteiger partial charge < -0.3 is 0 Å². The SMILES string of the molecule is [C-]#[N+]c1cccc(C(C)(C)C)c1F. The van der Waals surface area contributed by atoms with E-state index in [1.165, 1.54) is 6.07 Å². The number of hydrogen-bond donors (Lipinski definition) is 0. The Morgan fingerprint density at radius 2 is 1.92 bits per heavy atom. The van der Waals surface area contributed by atoms with Crippen molar-refractivity contribution in [3.8, 4) is 0 Å². The molecular weight excluding hydrogens is 165 g/mol. The topological polar surface area (TPSA) is 4.36 Å². The first-order valence-corrected chi connectivity index (χ1v) is 4.13. The summed E-state index contributed by atoms with van der Waals surface area (Å²) in [7, 11) is 0. The van der Waals surface area contributed by atoms with Gasteiger partial charge in [-0.25, -0.2) is 9.24 Å². The Morgan fingerprint density at radius 1 is 1.31 bits per heavy atom. The highest BCUT2D eigenvalue weighted by Gasteiger charge is 2.19. The van der Waals surface area contributed by atoms with Crippen LogP contribution in [0.2, 0.25) is 0 Å². The first-order valence-electron chi connectivity index (χ1n) is 4.13. The lowest BCUT2D eigenvalue weighted by molar-refractivity contribution is 0.526. The molecule has 0 aromatic heterocycles. The first kappa shape index (κ1) is 9.73. The third-order valence-electron chi connectivity index (χ3n) is 1.91. The molecule has 13 heavy (non-hydrogen) atoms. The molecule has 0 saturated carbocycles. The molecule has 0 fully saturated rings. The summed E-state index contributed by atoms with van der Waals surface area (Å²) in [5.41, 5.74) is 0.457. The normalized spacial score (nSPS) is 11.0. The van der Waals surface area contributed by atoms with Crippen molar-refractivity contribution in [1.82, 2.24) is 0 Å². The number of hydrogen-bond acceptors (Lipinski definition) is 0. The van der Waals surface area contributed by atoms with E-state index in [0.717, 1.165) is 0 Å². The van der Waals surface area contributed by atoms with Gasteiger partial charge in [0.15, 0.2) is 0 Å². The molecule has 0 heterocycles. The standard InChI is InChI=1S/C11H12FN/c1-11(2,3)8-6-5-7-9(13-4)10(8)12/h5-7H,1-3H3. The Morgan fingerprint density at radius 3 is 2.38 bits per heavy atom. The fraction of sp³-hybridized carbons (Fsp3) is 0.364. The summed E-state index contributed by atoms with van der Waals surface area (Å²) >= 11 is 0. The molecule has 0 aliphatic carbocycles. The second-order valence-corrected chi connectivity index (χ2v) is 4.00. The van der Waals surface area contributed by atoms with Crippen LogP contribution in [-0.4, -0.2) is 0 Å². The third kappa shape index (κ3) is 1.86. The van der Waals surface area contributed by atoms with Crippen LogP contribution >= 0.6 is 0 Å². The van der Waals surface area contributed by atoms with Crippen molar-refractivity contribution in [1.29, 1.82) is 0 Å². The quantitative estimate of drug-likeness (QED) is 0.532. The van der Waals surface area contributed by atoms with E-state index in [1.54, 1.807) is 12.1 Å². The molecule has 1 rings (SSSR count). The highest BCUT2D eigenvalue weighted by Crippen LogP contribution is 2.30. The molecule has 1 aromatic carbocycles. The molecule has 0 aliphatic rings. The molecule has 68 valence electrons. The largest absolute Gasteiger partial charge is 0.235 e. The van der Waals surface area contributed by atoms with Crippen LogP contribution in [0.4, 0.5) is 10.1 Å². The second kappa shape index (κ2) is 3.18. The van der Waals surface area contributed by atoms with Crippen LogP contribution in [-0.2, 0) is 5.41 Å². The molecule has 0 radical (unpaired) electrons. The Bertz CT molecular complexity index is 355. The van der Waals surface area contributed by atoms with Gasteiger partial charge in [-0.3, -0.25) is 0 Å². The summed E-state index contributed by atoms with van der Waals surface area (Å²) in [5.74, 6) is -0.384. The smallest absolute Gasteiger partial charge is 0.222 e.